The Hall–Kier alpha value is -0.835. The molecule has 0 aliphatic carbocycles. The van der Waals surface area contributed by atoms with Gasteiger partial charge in [-0.2, -0.15) is 0 Å². The predicted octanol–water partition coefficient (Wildman–Crippen LogP) is -4.98. The summed E-state index contributed by atoms with van der Waals surface area (Å²) in [4.78, 5) is 0. The van der Waals surface area contributed by atoms with Crippen LogP contribution in [0.25, 0.3) is 0 Å². The van der Waals surface area contributed by atoms with Crippen molar-refractivity contribution in [2.75, 3.05) is 236 Å². The minimum atomic E-state index is -2.92. The van der Waals surface area contributed by atoms with Gasteiger partial charge in [-0.05, 0) is 249 Å². The van der Waals surface area contributed by atoms with Crippen molar-refractivity contribution in [3.05, 3.63) is 0 Å². The number of rotatable bonds is 36. The maximum absolute atomic E-state index is 8.42. The highest BCUT2D eigenvalue weighted by atomic mass is 19.0. The Morgan fingerprint density at radius 2 is 0.143 bits per heavy atom. The minimum Gasteiger partial charge on any atom is -1.00 e. The Balaban J connectivity index is -0.0000000489. The summed E-state index contributed by atoms with van der Waals surface area (Å²) in [7, 11) is -2.92. The third kappa shape index (κ3) is 59.0. The highest BCUT2D eigenvalue weighted by molar-refractivity contribution is 6.24. The van der Waals surface area contributed by atoms with Crippen molar-refractivity contribution in [2.24, 2.45) is 0 Å². The van der Waals surface area contributed by atoms with Gasteiger partial charge in [0.05, 0.1) is 236 Å². The number of hydrogen-bond donors (Lipinski definition) is 0. The van der Waals surface area contributed by atoms with Gasteiger partial charge in [0.25, 0.3) is 0 Å². The summed E-state index contributed by atoms with van der Waals surface area (Å²) < 4.78 is 11.5. The van der Waals surface area contributed by atoms with Crippen molar-refractivity contribution in [3.8, 4) is 0 Å². The van der Waals surface area contributed by atoms with Gasteiger partial charge in [-0.3, -0.25) is 7.32 Å². The first-order chi connectivity index (χ1) is 39.9. The molecule has 19 heteroatoms. The van der Waals surface area contributed by atoms with Crippen LogP contribution in [0.15, 0.2) is 0 Å². The third-order valence-corrected chi connectivity index (χ3v) is 24.1. The SMILES string of the molecule is CC[N+](CC)(CC)CC.CC[N+](CC)(CC)CC.CC[N+](CC)(CC)CC.CC[N+](CC)(CC)CC.CC[N+](CC)(CC)CC.CC[N+](CC)(CC)CC.CC[N+](CC)(CC)CC.CC[N+](CC)(CC)CC.CC[N+](CC)(CC)CC.[F-].[F-].[F-].[F-].[F-].[F-].[O-]B([O-])[O-]. The van der Waals surface area contributed by atoms with Gasteiger partial charge in [0.15, 0.2) is 0 Å². The molecule has 0 bridgehead atoms. The third-order valence-electron chi connectivity index (χ3n) is 24.1. The predicted molar refractivity (Wildman–Crippen MR) is 388 cm³/mol. The molecular formula is C72H180BF6N9O3. The average Bonchev–Trinajstić information content (AvgIpc) is 3.56. The van der Waals surface area contributed by atoms with E-state index in [0.29, 0.717) is 0 Å². The molecule has 0 spiro atoms. The maximum atomic E-state index is 8.42. The summed E-state index contributed by atoms with van der Waals surface area (Å²) in [5.74, 6) is 0. The van der Waals surface area contributed by atoms with Crippen molar-refractivity contribution >= 4 is 7.32 Å². The van der Waals surface area contributed by atoms with Crippen LogP contribution in [0.3, 0.4) is 0 Å². The number of quaternary nitrogens is 9. The zero-order chi connectivity index (χ0) is 69.5. The lowest BCUT2D eigenvalue weighted by Gasteiger charge is -2.35. The summed E-state index contributed by atoms with van der Waals surface area (Å²) in [6, 6.07) is 0. The molecule has 0 aromatic carbocycles. The van der Waals surface area contributed by atoms with Crippen molar-refractivity contribution in [1.82, 2.24) is 0 Å². The van der Waals surface area contributed by atoms with Gasteiger partial charge in [-0.1, -0.05) is 0 Å². The van der Waals surface area contributed by atoms with Crippen LogP contribution in [0.4, 0.5) is 0 Å². The van der Waals surface area contributed by atoms with E-state index in [1.54, 1.807) is 0 Å². The van der Waals surface area contributed by atoms with E-state index in [1.165, 1.54) is 276 Å². The first-order valence-corrected chi connectivity index (χ1v) is 37.5. The highest BCUT2D eigenvalue weighted by Gasteiger charge is 2.22. The number of halogens is 6. The monoisotopic (exact) mass is 1340 g/mol. The van der Waals surface area contributed by atoms with Crippen LogP contribution >= 0.6 is 0 Å². The zero-order valence-corrected chi connectivity index (χ0v) is 69.6. The lowest BCUT2D eigenvalue weighted by atomic mass is 10.3. The second-order valence-electron chi connectivity index (χ2n) is 23.7. The molecule has 0 heterocycles. The molecule has 0 aromatic rings. The molecule has 12 nitrogen and oxygen atoms in total. The topological polar surface area (TPSA) is 69.2 Å². The molecule has 0 aliphatic heterocycles. The Morgan fingerprint density at radius 1 is 0.121 bits per heavy atom. The molecule has 0 radical (unpaired) electrons. The van der Waals surface area contributed by atoms with Gasteiger partial charge in [0.2, 0.25) is 0 Å². The van der Waals surface area contributed by atoms with E-state index >= 15 is 0 Å². The van der Waals surface area contributed by atoms with Crippen LogP contribution in [0.2, 0.25) is 0 Å². The van der Waals surface area contributed by atoms with E-state index in [0.717, 1.165) is 0 Å². The molecule has 0 N–H and O–H groups in total. The molecule has 0 aliphatic rings. The molecule has 0 fully saturated rings. The summed E-state index contributed by atoms with van der Waals surface area (Å²) in [6.07, 6.45) is 0. The van der Waals surface area contributed by atoms with E-state index < -0.39 is 7.32 Å². The van der Waals surface area contributed by atoms with Gasteiger partial charge in [0.1, 0.15) is 0 Å². The molecule has 0 rings (SSSR count). The Bertz CT molecular complexity index is 814. The standard InChI is InChI=1S/9C8H20N.BO3.6FH/c9*1-5-9(6-2,7-3)8-4;2-1(3)4;;;;;;/h9*5-8H2,1-4H3;;6*1H/q9*+1;-3;;;;;;/p-6. The summed E-state index contributed by atoms with van der Waals surface area (Å²) in [6.45, 7) is 128. The van der Waals surface area contributed by atoms with Crippen molar-refractivity contribution in [2.45, 2.75) is 249 Å². The average molecular weight is 1350 g/mol. The number of nitrogens with zero attached hydrogens (tertiary/aromatic N) is 9. The Morgan fingerprint density at radius 3 is 0.143 bits per heavy atom. The summed E-state index contributed by atoms with van der Waals surface area (Å²) >= 11 is 0. The normalized spacial score (nSPS) is 11.0. The van der Waals surface area contributed by atoms with Gasteiger partial charge in [-0.15, -0.1) is 0 Å². The van der Waals surface area contributed by atoms with Crippen LogP contribution < -0.4 is 43.3 Å². The van der Waals surface area contributed by atoms with Crippen LogP contribution in [-0.4, -0.2) is 283 Å². The molecule has 0 unspecified atom stereocenters. The molecular weight excluding hydrogens is 1160 g/mol. The van der Waals surface area contributed by atoms with Crippen LogP contribution in [0.5, 0.6) is 0 Å². The molecule has 0 amide bonds. The quantitative estimate of drug-likeness (QED) is 0.0360. The molecule has 576 valence electrons. The highest BCUT2D eigenvalue weighted by Crippen LogP contribution is 2.09. The fourth-order valence-electron chi connectivity index (χ4n) is 12.1. The van der Waals surface area contributed by atoms with Crippen molar-refractivity contribution in [3.63, 3.8) is 0 Å². The molecule has 0 saturated carbocycles. The molecule has 0 saturated heterocycles. The van der Waals surface area contributed by atoms with Gasteiger partial charge >= 0.3 is 0 Å². The Kier molecular flexibility index (Phi) is 117. The van der Waals surface area contributed by atoms with E-state index in [-0.39, 0.29) is 28.2 Å². The molecule has 91 heavy (non-hydrogen) atoms. The first-order valence-electron chi connectivity index (χ1n) is 37.5. The zero-order valence-electron chi connectivity index (χ0n) is 69.6. The first kappa shape index (κ1) is 130. The Labute approximate surface area is 573 Å². The second-order valence-corrected chi connectivity index (χ2v) is 23.7. The molecule has 0 aromatic heterocycles. The fraction of sp³-hybridized carbons (Fsp3) is 1.00. The largest absolute Gasteiger partial charge is 1.00 e. The number of hydrogen-bond acceptors (Lipinski definition) is 3. The van der Waals surface area contributed by atoms with Crippen molar-refractivity contribution < 1.29 is 83.6 Å². The summed E-state index contributed by atoms with van der Waals surface area (Å²) in [5.41, 5.74) is 0. The van der Waals surface area contributed by atoms with E-state index in [2.05, 4.69) is 249 Å². The van der Waals surface area contributed by atoms with Gasteiger partial charge < -0.3 is 83.6 Å². The van der Waals surface area contributed by atoms with Crippen molar-refractivity contribution in [1.29, 1.82) is 0 Å². The fourth-order valence-corrected chi connectivity index (χ4v) is 12.1. The smallest absolute Gasteiger partial charge is 0.0757 e. The minimum absolute atomic E-state index is 0. The van der Waals surface area contributed by atoms with Crippen LogP contribution in [-0.2, 0) is 0 Å². The maximum Gasteiger partial charge on any atom is 0.0757 e. The van der Waals surface area contributed by atoms with E-state index in [1.807, 2.05) is 0 Å². The molecule has 0 atom stereocenters. The second kappa shape index (κ2) is 81.6. The van der Waals surface area contributed by atoms with Crippen LogP contribution in [0.1, 0.15) is 249 Å². The summed E-state index contributed by atoms with van der Waals surface area (Å²) in [5, 5.41) is 25.2. The lowest BCUT2D eigenvalue weighted by Crippen LogP contribution is -3.00. The van der Waals surface area contributed by atoms with Gasteiger partial charge in [0, 0.05) is 0 Å². The van der Waals surface area contributed by atoms with E-state index in [4.69, 9.17) is 15.1 Å². The van der Waals surface area contributed by atoms with E-state index in [9.17, 15) is 0 Å². The van der Waals surface area contributed by atoms with Gasteiger partial charge in [-0.25, -0.2) is 0 Å². The van der Waals surface area contributed by atoms with Crippen LogP contribution in [0, 0.1) is 0 Å². The lowest BCUT2D eigenvalue weighted by molar-refractivity contribution is -0.921.